The molecule has 1 spiro atoms. The Labute approximate surface area is 213 Å². The third kappa shape index (κ3) is 3.90. The molecule has 4 rings (SSSR count). The molecule has 37 heavy (non-hydrogen) atoms. The molecule has 2 aromatic carbocycles. The SMILES string of the molecule is CC(=O)c1ccc(NC2C(N)C3(NC(=O)OC3C)C(C)(O)C2(O)COC(=O)c2c(C)cccc2O)cc1. The number of amides is 1. The summed E-state index contributed by atoms with van der Waals surface area (Å²) in [4.78, 5) is 36.8. The van der Waals surface area contributed by atoms with Crippen molar-refractivity contribution in [2.24, 2.45) is 5.73 Å². The summed E-state index contributed by atoms with van der Waals surface area (Å²) < 4.78 is 10.7. The van der Waals surface area contributed by atoms with E-state index in [0.717, 1.165) is 0 Å². The van der Waals surface area contributed by atoms with Crippen LogP contribution in [0.1, 0.15) is 47.1 Å². The molecular weight excluding hydrogens is 482 g/mol. The van der Waals surface area contributed by atoms with Gasteiger partial charge in [0, 0.05) is 11.3 Å². The van der Waals surface area contributed by atoms with Gasteiger partial charge in [0.1, 0.15) is 35.2 Å². The fourth-order valence-electron chi connectivity index (χ4n) is 5.56. The maximum Gasteiger partial charge on any atom is 0.408 e. The van der Waals surface area contributed by atoms with E-state index in [-0.39, 0.29) is 17.1 Å². The highest BCUT2D eigenvalue weighted by Gasteiger charge is 2.78. The zero-order valence-electron chi connectivity index (χ0n) is 20.9. The van der Waals surface area contributed by atoms with Gasteiger partial charge in [-0.25, -0.2) is 9.59 Å². The molecule has 2 aromatic rings. The average Bonchev–Trinajstić information content (AvgIpc) is 3.20. The van der Waals surface area contributed by atoms with Gasteiger partial charge in [0.2, 0.25) is 0 Å². The number of nitrogens with two attached hydrogens (primary N) is 1. The minimum Gasteiger partial charge on any atom is -0.507 e. The number of nitrogens with one attached hydrogen (secondary N) is 2. The first-order valence-electron chi connectivity index (χ1n) is 11.8. The van der Waals surface area contributed by atoms with E-state index in [0.29, 0.717) is 16.8 Å². The quantitative estimate of drug-likeness (QED) is 0.243. The fraction of sp³-hybridized carbons (Fsp3) is 0.423. The number of carbonyl (C=O) groups is 3. The first kappa shape index (κ1) is 26.4. The van der Waals surface area contributed by atoms with Crippen LogP contribution in [0.15, 0.2) is 42.5 Å². The van der Waals surface area contributed by atoms with Gasteiger partial charge in [-0.15, -0.1) is 0 Å². The highest BCUT2D eigenvalue weighted by molar-refractivity contribution is 5.94. The zero-order valence-corrected chi connectivity index (χ0v) is 20.9. The molecule has 2 aliphatic rings. The predicted octanol–water partition coefficient (Wildman–Crippen LogP) is 1.23. The molecule has 0 aromatic heterocycles. The van der Waals surface area contributed by atoms with Crippen molar-refractivity contribution < 1.29 is 39.2 Å². The monoisotopic (exact) mass is 513 g/mol. The van der Waals surface area contributed by atoms with E-state index in [1.807, 2.05) is 0 Å². The van der Waals surface area contributed by atoms with E-state index < -0.39 is 53.6 Å². The Kier molecular flexibility index (Phi) is 6.43. The molecule has 2 fully saturated rings. The highest BCUT2D eigenvalue weighted by atomic mass is 16.6. The number of hydrogen-bond donors (Lipinski definition) is 6. The summed E-state index contributed by atoms with van der Waals surface area (Å²) in [6, 6.07) is 8.59. The van der Waals surface area contributed by atoms with Crippen LogP contribution in [-0.2, 0) is 9.47 Å². The third-order valence-electron chi connectivity index (χ3n) is 7.77. The molecule has 1 heterocycles. The molecule has 6 atom stereocenters. The second kappa shape index (κ2) is 9.02. The van der Waals surface area contributed by atoms with Crippen molar-refractivity contribution in [3.63, 3.8) is 0 Å². The lowest BCUT2D eigenvalue weighted by Gasteiger charge is -2.44. The molecule has 1 amide bonds. The number of rotatable bonds is 6. The largest absolute Gasteiger partial charge is 0.507 e. The average molecular weight is 514 g/mol. The van der Waals surface area contributed by atoms with Gasteiger partial charge < -0.3 is 41.2 Å². The molecule has 0 bridgehead atoms. The normalized spacial score (nSPS) is 32.6. The minimum atomic E-state index is -2.26. The number of hydrogen-bond acceptors (Lipinski definition) is 10. The van der Waals surface area contributed by atoms with Gasteiger partial charge in [-0.3, -0.25) is 4.79 Å². The Morgan fingerprint density at radius 1 is 1.19 bits per heavy atom. The van der Waals surface area contributed by atoms with E-state index in [1.165, 1.54) is 26.8 Å². The lowest BCUT2D eigenvalue weighted by atomic mass is 9.74. The van der Waals surface area contributed by atoms with E-state index in [1.54, 1.807) is 43.3 Å². The van der Waals surface area contributed by atoms with Gasteiger partial charge in [0.15, 0.2) is 11.4 Å². The number of alkyl carbamates (subject to hydrolysis) is 1. The number of Topliss-reactive ketones (excluding diaryl/α,β-unsaturated/α-hetero) is 1. The summed E-state index contributed by atoms with van der Waals surface area (Å²) in [5, 5.41) is 39.7. The van der Waals surface area contributed by atoms with Crippen LogP contribution in [0.4, 0.5) is 10.5 Å². The van der Waals surface area contributed by atoms with Crippen LogP contribution in [0.5, 0.6) is 5.75 Å². The summed E-state index contributed by atoms with van der Waals surface area (Å²) in [5.74, 6) is -1.35. The number of phenolic OH excluding ortho intramolecular Hbond substituents is 1. The van der Waals surface area contributed by atoms with E-state index in [2.05, 4.69) is 10.6 Å². The lowest BCUT2D eigenvalue weighted by Crippen LogP contribution is -2.72. The van der Waals surface area contributed by atoms with Crippen molar-refractivity contribution in [3.05, 3.63) is 59.2 Å². The van der Waals surface area contributed by atoms with Gasteiger partial charge in [-0.2, -0.15) is 0 Å². The molecule has 198 valence electrons. The highest BCUT2D eigenvalue weighted by Crippen LogP contribution is 2.51. The summed E-state index contributed by atoms with van der Waals surface area (Å²) >= 11 is 0. The summed E-state index contributed by atoms with van der Waals surface area (Å²) in [7, 11) is 0. The van der Waals surface area contributed by atoms with E-state index >= 15 is 0 Å². The number of cyclic esters (lactones) is 1. The number of esters is 1. The first-order valence-corrected chi connectivity index (χ1v) is 11.8. The summed E-state index contributed by atoms with van der Waals surface area (Å²) in [6.07, 6.45) is -1.78. The van der Waals surface area contributed by atoms with Crippen LogP contribution < -0.4 is 16.4 Å². The van der Waals surface area contributed by atoms with Crippen LogP contribution in [-0.4, -0.2) is 74.7 Å². The van der Waals surface area contributed by atoms with Crippen molar-refractivity contribution in [1.29, 1.82) is 0 Å². The van der Waals surface area contributed by atoms with Crippen LogP contribution in [0.3, 0.4) is 0 Å². The van der Waals surface area contributed by atoms with Gasteiger partial charge in [-0.1, -0.05) is 12.1 Å². The topological polar surface area (TPSA) is 180 Å². The Bertz CT molecular complexity index is 1230. The number of carbonyl (C=O) groups excluding carboxylic acids is 3. The van der Waals surface area contributed by atoms with E-state index in [9.17, 15) is 29.7 Å². The Morgan fingerprint density at radius 2 is 1.84 bits per heavy atom. The molecule has 0 radical (unpaired) electrons. The smallest absolute Gasteiger partial charge is 0.408 e. The maximum absolute atomic E-state index is 12.9. The van der Waals surface area contributed by atoms with Crippen molar-refractivity contribution in [2.75, 3.05) is 11.9 Å². The molecular formula is C26H31N3O8. The first-order chi connectivity index (χ1) is 17.3. The molecule has 1 aliphatic carbocycles. The number of benzene rings is 2. The van der Waals surface area contributed by atoms with Crippen LogP contribution >= 0.6 is 0 Å². The number of ketones is 1. The minimum absolute atomic E-state index is 0.0852. The number of aromatic hydroxyl groups is 1. The van der Waals surface area contributed by atoms with Crippen LogP contribution in [0.2, 0.25) is 0 Å². The molecule has 1 aliphatic heterocycles. The van der Waals surface area contributed by atoms with Crippen LogP contribution in [0.25, 0.3) is 0 Å². The number of aliphatic hydroxyl groups is 2. The fourth-order valence-corrected chi connectivity index (χ4v) is 5.56. The Balaban J connectivity index is 1.73. The molecule has 11 nitrogen and oxygen atoms in total. The van der Waals surface area contributed by atoms with Gasteiger partial charge in [-0.05, 0) is 63.6 Å². The van der Waals surface area contributed by atoms with Crippen molar-refractivity contribution >= 4 is 23.5 Å². The van der Waals surface area contributed by atoms with Crippen molar-refractivity contribution in [1.82, 2.24) is 5.32 Å². The standard InChI is InChI=1S/C26H31N3O8/c1-13-6-5-7-18(31)19(13)22(32)36-12-25(35)21(28-17-10-8-16(9-11-17)14(2)30)20(27)26(24(25,4)34)15(3)37-23(33)29-26/h5-11,15,20-21,28,31,34-35H,12,27H2,1-4H3,(H,29,33). The van der Waals surface area contributed by atoms with Gasteiger partial charge in [0.25, 0.3) is 0 Å². The second-order valence-corrected chi connectivity index (χ2v) is 9.86. The number of aryl methyl sites for hydroxylation is 1. The number of anilines is 1. The molecule has 1 saturated carbocycles. The summed E-state index contributed by atoms with van der Waals surface area (Å²) in [6.45, 7) is 5.13. The number of ether oxygens (including phenoxy) is 2. The Morgan fingerprint density at radius 3 is 2.38 bits per heavy atom. The molecule has 1 saturated heterocycles. The summed E-state index contributed by atoms with van der Waals surface area (Å²) in [5.41, 5.74) is 1.81. The van der Waals surface area contributed by atoms with Crippen molar-refractivity contribution in [3.8, 4) is 5.75 Å². The van der Waals surface area contributed by atoms with Gasteiger partial charge >= 0.3 is 12.1 Å². The second-order valence-electron chi connectivity index (χ2n) is 9.86. The molecule has 11 heteroatoms. The van der Waals surface area contributed by atoms with Crippen LogP contribution in [0, 0.1) is 6.92 Å². The number of phenols is 1. The van der Waals surface area contributed by atoms with Gasteiger partial charge in [0.05, 0.1) is 12.1 Å². The van der Waals surface area contributed by atoms with E-state index in [4.69, 9.17) is 15.2 Å². The Hall–Kier alpha value is -3.67. The maximum atomic E-state index is 12.9. The predicted molar refractivity (Wildman–Crippen MR) is 132 cm³/mol. The third-order valence-corrected chi connectivity index (χ3v) is 7.77. The lowest BCUT2D eigenvalue weighted by molar-refractivity contribution is -0.177. The zero-order chi connectivity index (χ0) is 27.3. The van der Waals surface area contributed by atoms with Crippen molar-refractivity contribution in [2.45, 2.75) is 62.6 Å². The molecule has 7 N–H and O–H groups in total. The molecule has 6 unspecified atom stereocenters.